The third-order valence-electron chi connectivity index (χ3n) is 6.32. The van der Waals surface area contributed by atoms with Crippen LogP contribution in [0.3, 0.4) is 0 Å². The van der Waals surface area contributed by atoms with Gasteiger partial charge in [-0.15, -0.1) is 0 Å². The van der Waals surface area contributed by atoms with E-state index in [0.29, 0.717) is 11.1 Å². The van der Waals surface area contributed by atoms with Gasteiger partial charge in [0.25, 0.3) is 0 Å². The Kier molecular flexibility index (Phi) is 7.21. The van der Waals surface area contributed by atoms with E-state index in [4.69, 9.17) is 15.6 Å². The van der Waals surface area contributed by atoms with Gasteiger partial charge in [-0.2, -0.15) is 13.2 Å². The normalized spacial score (nSPS) is 24.9. The monoisotopic (exact) mass is 484 g/mol. The minimum atomic E-state index is -5.01. The van der Waals surface area contributed by atoms with Crippen LogP contribution in [0, 0.1) is 10.7 Å². The quantitative estimate of drug-likeness (QED) is 0.409. The summed E-state index contributed by atoms with van der Waals surface area (Å²) in [6.07, 6.45) is -6.23. The van der Waals surface area contributed by atoms with Gasteiger partial charge in [0.2, 0.25) is 0 Å². The molecule has 1 saturated carbocycles. The molecular weight excluding hydrogens is 457 g/mol. The van der Waals surface area contributed by atoms with E-state index in [1.807, 2.05) is 0 Å². The van der Waals surface area contributed by atoms with Gasteiger partial charge in [-0.3, -0.25) is 9.57 Å². The van der Waals surface area contributed by atoms with Crippen LogP contribution in [0.4, 0.5) is 13.2 Å². The Hall–Kier alpha value is -2.43. The summed E-state index contributed by atoms with van der Waals surface area (Å²) in [5.41, 5.74) is 3.53. The molecule has 3 rings (SSSR count). The second-order valence-electron chi connectivity index (χ2n) is 8.52. The fourth-order valence-corrected chi connectivity index (χ4v) is 5.93. The summed E-state index contributed by atoms with van der Waals surface area (Å²) in [6.45, 7) is 0. The van der Waals surface area contributed by atoms with Gasteiger partial charge >= 0.3 is 12.1 Å². The number of carbonyl (C=O) groups is 1. The molecule has 1 aliphatic carbocycles. The first-order valence-corrected chi connectivity index (χ1v) is 12.4. The van der Waals surface area contributed by atoms with E-state index in [-0.39, 0.29) is 6.42 Å². The van der Waals surface area contributed by atoms with Crippen LogP contribution in [-0.2, 0) is 14.5 Å². The van der Waals surface area contributed by atoms with Crippen molar-refractivity contribution < 1.29 is 32.4 Å². The van der Waals surface area contributed by atoms with E-state index in [0.717, 1.165) is 0 Å². The molecule has 0 amide bonds. The summed E-state index contributed by atoms with van der Waals surface area (Å²) < 4.78 is 63.3. The van der Waals surface area contributed by atoms with E-state index in [1.165, 1.54) is 0 Å². The molecule has 2 aromatic rings. The zero-order valence-corrected chi connectivity index (χ0v) is 18.6. The maximum atomic E-state index is 14.3. The van der Waals surface area contributed by atoms with Gasteiger partial charge in [0, 0.05) is 27.2 Å². The summed E-state index contributed by atoms with van der Waals surface area (Å²) in [7, 11) is -3.58. The van der Waals surface area contributed by atoms with Gasteiger partial charge in [-0.05, 0) is 35.8 Å². The number of nitrogens with one attached hydrogen (secondary N) is 1. The number of alkyl halides is 3. The standard InChI is InChI=1S/C23H27F3N2O4S/c24-23(25,26)22(31,12-14-33(28,32)13-11-17(27)21(29)30)20-18(15-7-3-1-4-8-15)19(20)16-9-5-2-6-10-16/h1-10,17-20,28,31H,11-14,27H2,(H,29,30)/t17-,18-,19+,20?,22?,33?/m0/s1. The van der Waals surface area contributed by atoms with Crippen molar-refractivity contribution in [1.82, 2.24) is 0 Å². The minimum Gasteiger partial charge on any atom is -0.480 e. The number of hydrogen-bond acceptors (Lipinski definition) is 5. The van der Waals surface area contributed by atoms with Crippen LogP contribution in [0.15, 0.2) is 60.7 Å². The largest absolute Gasteiger partial charge is 0.480 e. The van der Waals surface area contributed by atoms with Gasteiger partial charge in [0.1, 0.15) is 6.04 Å². The molecule has 10 heteroatoms. The first-order chi connectivity index (χ1) is 15.4. The van der Waals surface area contributed by atoms with Crippen LogP contribution in [0.25, 0.3) is 0 Å². The lowest BCUT2D eigenvalue weighted by Crippen LogP contribution is -2.49. The molecule has 180 valence electrons. The molecule has 0 aromatic heterocycles. The number of aliphatic carboxylic acids is 1. The van der Waals surface area contributed by atoms with Crippen LogP contribution in [0.2, 0.25) is 0 Å². The lowest BCUT2D eigenvalue weighted by atomic mass is 9.89. The summed E-state index contributed by atoms with van der Waals surface area (Å²) in [6, 6.07) is 15.9. The molecule has 1 aliphatic rings. The van der Waals surface area contributed by atoms with Gasteiger partial charge in [0.05, 0.1) is 0 Å². The molecule has 2 aromatic carbocycles. The summed E-state index contributed by atoms with van der Waals surface area (Å²) >= 11 is 0. The van der Waals surface area contributed by atoms with Crippen LogP contribution < -0.4 is 5.73 Å². The predicted octanol–water partition coefficient (Wildman–Crippen LogP) is 3.72. The second kappa shape index (κ2) is 9.44. The zero-order chi connectivity index (χ0) is 24.4. The Morgan fingerprint density at radius 2 is 1.45 bits per heavy atom. The topological polar surface area (TPSA) is 124 Å². The first-order valence-electron chi connectivity index (χ1n) is 10.5. The van der Waals surface area contributed by atoms with Crippen molar-refractivity contribution in [2.45, 2.75) is 42.5 Å². The molecule has 0 bridgehead atoms. The molecule has 1 fully saturated rings. The van der Waals surface area contributed by atoms with Crippen molar-refractivity contribution in [3.63, 3.8) is 0 Å². The maximum Gasteiger partial charge on any atom is 0.417 e. The Balaban J connectivity index is 1.88. The van der Waals surface area contributed by atoms with E-state index >= 15 is 0 Å². The molecule has 5 N–H and O–H groups in total. The molecule has 6 atom stereocenters. The number of aliphatic hydroxyl groups is 1. The Morgan fingerprint density at radius 3 is 1.85 bits per heavy atom. The lowest BCUT2D eigenvalue weighted by molar-refractivity contribution is -0.270. The van der Waals surface area contributed by atoms with E-state index in [2.05, 4.69) is 0 Å². The van der Waals surface area contributed by atoms with Crippen molar-refractivity contribution in [2.24, 2.45) is 11.7 Å². The highest BCUT2D eigenvalue weighted by atomic mass is 32.2. The Labute approximate surface area is 190 Å². The van der Waals surface area contributed by atoms with Gasteiger partial charge in [-0.1, -0.05) is 60.7 Å². The highest BCUT2D eigenvalue weighted by molar-refractivity contribution is 7.92. The molecule has 6 nitrogen and oxygen atoms in total. The van der Waals surface area contributed by atoms with Crippen molar-refractivity contribution in [3.8, 4) is 0 Å². The van der Waals surface area contributed by atoms with E-state index < -0.39 is 69.2 Å². The first kappa shape index (κ1) is 25.2. The Morgan fingerprint density at radius 1 is 1.00 bits per heavy atom. The number of carboxylic acids is 1. The third-order valence-corrected chi connectivity index (χ3v) is 8.08. The third kappa shape index (κ3) is 5.56. The number of benzene rings is 2. The summed E-state index contributed by atoms with van der Waals surface area (Å²) in [5, 5.41) is 19.9. The summed E-state index contributed by atoms with van der Waals surface area (Å²) in [5.74, 6) is -4.91. The van der Waals surface area contributed by atoms with E-state index in [1.54, 1.807) is 60.7 Å². The van der Waals surface area contributed by atoms with E-state index in [9.17, 15) is 27.3 Å². The number of carboxylic acid groups (broad SMARTS) is 1. The number of nitrogens with two attached hydrogens (primary N) is 1. The molecule has 0 saturated heterocycles. The minimum absolute atomic E-state index is 0.301. The fraction of sp³-hybridized carbons (Fsp3) is 0.435. The van der Waals surface area contributed by atoms with Crippen LogP contribution in [-0.4, -0.2) is 49.7 Å². The highest BCUT2D eigenvalue weighted by Crippen LogP contribution is 2.68. The van der Waals surface area contributed by atoms with Crippen LogP contribution >= 0.6 is 0 Å². The predicted molar refractivity (Wildman–Crippen MR) is 118 cm³/mol. The SMILES string of the molecule is N=S(=O)(CC[C@H](N)C(=O)O)CCC(O)(C1[C@@H](c2ccccc2)[C@H]1c1ccccc1)C(F)(F)F. The molecular formula is C23H27F3N2O4S. The zero-order valence-electron chi connectivity index (χ0n) is 17.7. The van der Waals surface area contributed by atoms with Crippen molar-refractivity contribution >= 4 is 15.7 Å². The molecule has 3 unspecified atom stereocenters. The molecule has 0 aliphatic heterocycles. The summed E-state index contributed by atoms with van der Waals surface area (Å²) in [4.78, 5) is 10.8. The van der Waals surface area contributed by atoms with Gasteiger partial charge in [-0.25, -0.2) is 4.21 Å². The molecule has 33 heavy (non-hydrogen) atoms. The number of halogens is 3. The molecule has 0 heterocycles. The van der Waals surface area contributed by atoms with Gasteiger partial charge in [0.15, 0.2) is 5.60 Å². The highest BCUT2D eigenvalue weighted by Gasteiger charge is 2.70. The number of hydrogen-bond donors (Lipinski definition) is 4. The number of rotatable bonds is 10. The lowest BCUT2D eigenvalue weighted by Gasteiger charge is -2.32. The smallest absolute Gasteiger partial charge is 0.417 e. The van der Waals surface area contributed by atoms with Crippen LogP contribution in [0.5, 0.6) is 0 Å². The molecule has 0 radical (unpaired) electrons. The fourth-order valence-electron chi connectivity index (χ4n) is 4.45. The maximum absolute atomic E-state index is 14.3. The van der Waals surface area contributed by atoms with Crippen molar-refractivity contribution in [2.75, 3.05) is 11.5 Å². The van der Waals surface area contributed by atoms with Crippen LogP contribution in [0.1, 0.15) is 35.8 Å². The second-order valence-corrected chi connectivity index (χ2v) is 11.0. The Bertz CT molecular complexity index is 1020. The van der Waals surface area contributed by atoms with Gasteiger partial charge < -0.3 is 15.9 Å². The van der Waals surface area contributed by atoms with Crippen molar-refractivity contribution in [1.29, 1.82) is 4.78 Å². The molecule has 0 spiro atoms. The average molecular weight is 485 g/mol. The average Bonchev–Trinajstić information content (AvgIpc) is 3.52. The van der Waals surface area contributed by atoms with Crippen molar-refractivity contribution in [3.05, 3.63) is 71.8 Å².